The minimum atomic E-state index is 0.277. The van der Waals surface area contributed by atoms with E-state index in [9.17, 15) is 4.79 Å². The van der Waals surface area contributed by atoms with Crippen LogP contribution in [0.5, 0.6) is 0 Å². The maximum atomic E-state index is 12.3. The summed E-state index contributed by atoms with van der Waals surface area (Å²) in [4.78, 5) is 16.4. The van der Waals surface area contributed by atoms with E-state index in [0.717, 1.165) is 45.6 Å². The summed E-state index contributed by atoms with van der Waals surface area (Å²) in [6.45, 7) is 5.49. The van der Waals surface area contributed by atoms with Crippen molar-refractivity contribution in [2.45, 2.75) is 32.6 Å². The Morgan fingerprint density at radius 2 is 2.04 bits per heavy atom. The van der Waals surface area contributed by atoms with Gasteiger partial charge in [-0.15, -0.1) is 0 Å². The van der Waals surface area contributed by atoms with Crippen LogP contribution in [0.15, 0.2) is 24.3 Å². The molecule has 0 aliphatic carbocycles. The Hall–Kier alpha value is -1.55. The van der Waals surface area contributed by atoms with E-state index in [1.165, 1.54) is 11.3 Å². The van der Waals surface area contributed by atoms with E-state index in [0.29, 0.717) is 12.3 Å². The predicted molar refractivity (Wildman–Crippen MR) is 94.9 cm³/mol. The highest BCUT2D eigenvalue weighted by atomic mass is 16.5. The summed E-state index contributed by atoms with van der Waals surface area (Å²) in [5.74, 6) is 0.796. The van der Waals surface area contributed by atoms with Crippen LogP contribution in [-0.4, -0.2) is 51.2 Å². The molecule has 4 nitrogen and oxygen atoms in total. The summed E-state index contributed by atoms with van der Waals surface area (Å²) >= 11 is 0. The van der Waals surface area contributed by atoms with Crippen LogP contribution in [0.25, 0.3) is 0 Å². The van der Waals surface area contributed by atoms with Crippen molar-refractivity contribution in [2.75, 3.05) is 45.3 Å². The number of nitrogens with zero attached hydrogens (tertiary/aromatic N) is 2. The molecular formula is C19H30N2O2. The molecule has 0 bridgehead atoms. The summed E-state index contributed by atoms with van der Waals surface area (Å²) in [7, 11) is 4.07. The number of amides is 1. The largest absolute Gasteiger partial charge is 0.381 e. The number of ether oxygens (including phenoxy) is 1. The maximum Gasteiger partial charge on any atom is 0.222 e. The fourth-order valence-corrected chi connectivity index (χ4v) is 2.96. The molecule has 1 saturated heterocycles. The molecule has 0 aromatic heterocycles. The van der Waals surface area contributed by atoms with Crippen molar-refractivity contribution in [1.29, 1.82) is 0 Å². The van der Waals surface area contributed by atoms with Crippen molar-refractivity contribution in [3.8, 4) is 0 Å². The number of benzene rings is 1. The van der Waals surface area contributed by atoms with Gasteiger partial charge in [-0.3, -0.25) is 4.79 Å². The number of hydrogen-bond acceptors (Lipinski definition) is 3. The van der Waals surface area contributed by atoms with E-state index in [1.807, 2.05) is 19.0 Å². The van der Waals surface area contributed by atoms with Gasteiger partial charge in [0.2, 0.25) is 5.91 Å². The van der Waals surface area contributed by atoms with Crippen LogP contribution in [0.3, 0.4) is 0 Å². The molecule has 1 aromatic carbocycles. The van der Waals surface area contributed by atoms with Gasteiger partial charge in [-0.05, 0) is 37.0 Å². The molecule has 1 aromatic rings. The zero-order chi connectivity index (χ0) is 16.7. The van der Waals surface area contributed by atoms with Crippen LogP contribution in [0.1, 0.15) is 31.7 Å². The molecule has 2 rings (SSSR count). The van der Waals surface area contributed by atoms with E-state index in [4.69, 9.17) is 4.74 Å². The molecule has 1 aliphatic heterocycles. The van der Waals surface area contributed by atoms with Crippen molar-refractivity contribution in [3.05, 3.63) is 29.8 Å². The quantitative estimate of drug-likeness (QED) is 0.691. The Labute approximate surface area is 140 Å². The van der Waals surface area contributed by atoms with Crippen molar-refractivity contribution < 1.29 is 9.53 Å². The number of rotatable bonds is 8. The molecule has 4 heteroatoms. The average molecular weight is 318 g/mol. The van der Waals surface area contributed by atoms with Crippen LogP contribution in [-0.2, 0) is 16.0 Å². The number of anilines is 1. The number of aryl methyl sites for hydroxylation is 1. The lowest BCUT2D eigenvalue weighted by Gasteiger charge is -2.17. The fourth-order valence-electron chi connectivity index (χ4n) is 2.96. The van der Waals surface area contributed by atoms with Crippen LogP contribution in [0, 0.1) is 5.92 Å². The Morgan fingerprint density at radius 1 is 1.30 bits per heavy atom. The van der Waals surface area contributed by atoms with Gasteiger partial charge in [0.15, 0.2) is 0 Å². The third-order valence-electron chi connectivity index (χ3n) is 4.42. The zero-order valence-corrected chi connectivity index (χ0v) is 14.8. The van der Waals surface area contributed by atoms with Gasteiger partial charge in [-0.25, -0.2) is 0 Å². The van der Waals surface area contributed by atoms with Gasteiger partial charge in [0, 0.05) is 51.8 Å². The normalized spacial score (nSPS) is 17.5. The molecule has 0 N–H and O–H groups in total. The summed E-state index contributed by atoms with van der Waals surface area (Å²) in [6.07, 6.45) is 3.55. The van der Waals surface area contributed by atoms with Crippen molar-refractivity contribution in [1.82, 2.24) is 4.90 Å². The molecule has 1 aliphatic rings. The van der Waals surface area contributed by atoms with Crippen LogP contribution >= 0.6 is 0 Å². The van der Waals surface area contributed by atoms with Gasteiger partial charge in [-0.2, -0.15) is 0 Å². The summed E-state index contributed by atoms with van der Waals surface area (Å²) in [6, 6.07) is 8.45. The Bertz CT molecular complexity index is 485. The van der Waals surface area contributed by atoms with Crippen molar-refractivity contribution >= 4 is 11.6 Å². The van der Waals surface area contributed by atoms with Gasteiger partial charge >= 0.3 is 0 Å². The highest BCUT2D eigenvalue weighted by molar-refractivity contribution is 5.76. The number of carbonyl (C=O) groups excluding carboxylic acids is 1. The summed E-state index contributed by atoms with van der Waals surface area (Å²) in [5, 5.41) is 0. The van der Waals surface area contributed by atoms with E-state index in [-0.39, 0.29) is 5.91 Å². The first-order valence-electron chi connectivity index (χ1n) is 8.72. The molecule has 1 atom stereocenters. The number of likely N-dealkylation sites (tertiary alicyclic amines) is 1. The SMILES string of the molecule is CCCOC[C@@H]1CCN(C(=O)CCc2ccc(N(C)C)cc2)C1. The minimum Gasteiger partial charge on any atom is -0.381 e. The second kappa shape index (κ2) is 8.92. The topological polar surface area (TPSA) is 32.8 Å². The van der Waals surface area contributed by atoms with Gasteiger partial charge in [0.05, 0.1) is 6.61 Å². The predicted octanol–water partition coefficient (Wildman–Crippen LogP) is 2.96. The maximum absolute atomic E-state index is 12.3. The van der Waals surface area contributed by atoms with Crippen molar-refractivity contribution in [2.24, 2.45) is 5.92 Å². The second-order valence-electron chi connectivity index (χ2n) is 6.63. The molecule has 1 heterocycles. The Balaban J connectivity index is 1.72. The molecule has 23 heavy (non-hydrogen) atoms. The monoisotopic (exact) mass is 318 g/mol. The van der Waals surface area contributed by atoms with Crippen LogP contribution < -0.4 is 4.90 Å². The van der Waals surface area contributed by atoms with E-state index in [2.05, 4.69) is 36.1 Å². The molecular weight excluding hydrogens is 288 g/mol. The molecule has 0 saturated carbocycles. The first kappa shape index (κ1) is 17.8. The zero-order valence-electron chi connectivity index (χ0n) is 14.8. The standard InChI is InChI=1S/C19H30N2O2/c1-4-13-23-15-17-11-12-21(14-17)19(22)10-7-16-5-8-18(9-6-16)20(2)3/h5-6,8-9,17H,4,7,10-15H2,1-3H3/t17-/m1/s1. The summed E-state index contributed by atoms with van der Waals surface area (Å²) in [5.41, 5.74) is 2.42. The third kappa shape index (κ3) is 5.54. The average Bonchev–Trinajstić information content (AvgIpc) is 3.02. The van der Waals surface area contributed by atoms with Crippen molar-refractivity contribution in [3.63, 3.8) is 0 Å². The van der Waals surface area contributed by atoms with E-state index >= 15 is 0 Å². The van der Waals surface area contributed by atoms with E-state index < -0.39 is 0 Å². The van der Waals surface area contributed by atoms with Crippen LogP contribution in [0.4, 0.5) is 5.69 Å². The van der Waals surface area contributed by atoms with Gasteiger partial charge in [0.25, 0.3) is 0 Å². The molecule has 1 fully saturated rings. The lowest BCUT2D eigenvalue weighted by molar-refractivity contribution is -0.130. The number of hydrogen-bond donors (Lipinski definition) is 0. The number of carbonyl (C=O) groups is 1. The highest BCUT2D eigenvalue weighted by Crippen LogP contribution is 2.19. The molecule has 0 radical (unpaired) electrons. The summed E-state index contributed by atoms with van der Waals surface area (Å²) < 4.78 is 5.61. The Morgan fingerprint density at radius 3 is 2.70 bits per heavy atom. The second-order valence-corrected chi connectivity index (χ2v) is 6.63. The minimum absolute atomic E-state index is 0.277. The smallest absolute Gasteiger partial charge is 0.222 e. The lowest BCUT2D eigenvalue weighted by Crippen LogP contribution is -2.29. The van der Waals surface area contributed by atoms with E-state index in [1.54, 1.807) is 0 Å². The Kier molecular flexibility index (Phi) is 6.90. The first-order chi connectivity index (χ1) is 11.1. The molecule has 128 valence electrons. The van der Waals surface area contributed by atoms with Gasteiger partial charge in [-0.1, -0.05) is 19.1 Å². The molecule has 1 amide bonds. The highest BCUT2D eigenvalue weighted by Gasteiger charge is 2.25. The van der Waals surface area contributed by atoms with Gasteiger partial charge in [0.1, 0.15) is 0 Å². The van der Waals surface area contributed by atoms with Crippen LogP contribution in [0.2, 0.25) is 0 Å². The van der Waals surface area contributed by atoms with Gasteiger partial charge < -0.3 is 14.5 Å². The fraction of sp³-hybridized carbons (Fsp3) is 0.632. The first-order valence-corrected chi connectivity index (χ1v) is 8.72. The molecule has 0 spiro atoms. The lowest BCUT2D eigenvalue weighted by atomic mass is 10.1. The molecule has 0 unspecified atom stereocenters. The third-order valence-corrected chi connectivity index (χ3v) is 4.42.